The molecule has 3 atom stereocenters. The largest absolute Gasteiger partial charge is 0.481 e. The van der Waals surface area contributed by atoms with Crippen molar-refractivity contribution in [3.05, 3.63) is 0 Å². The molecule has 1 unspecified atom stereocenters. The number of carbonyl (C=O) groups is 2. The maximum atomic E-state index is 12.2. The first-order valence-corrected chi connectivity index (χ1v) is 8.15. The van der Waals surface area contributed by atoms with Gasteiger partial charge in [0.05, 0.1) is 11.8 Å². The van der Waals surface area contributed by atoms with Gasteiger partial charge in [0.2, 0.25) is 5.91 Å². The molecule has 1 amide bonds. The Hall–Kier alpha value is -0.710. The van der Waals surface area contributed by atoms with E-state index in [0.29, 0.717) is 19.4 Å². The second-order valence-electron chi connectivity index (χ2n) is 5.96. The van der Waals surface area contributed by atoms with Crippen LogP contribution in [0.2, 0.25) is 0 Å². The van der Waals surface area contributed by atoms with Gasteiger partial charge in [-0.05, 0) is 38.4 Å². The Morgan fingerprint density at radius 3 is 2.53 bits per heavy atom. The number of carbonyl (C=O) groups excluding carboxylic acids is 1. The van der Waals surface area contributed by atoms with Crippen molar-refractivity contribution in [3.63, 3.8) is 0 Å². The lowest BCUT2D eigenvalue weighted by molar-refractivity contribution is -0.148. The van der Waals surface area contributed by atoms with Crippen molar-refractivity contribution < 1.29 is 14.7 Å². The molecule has 19 heavy (non-hydrogen) atoms. The molecule has 108 valence electrons. The smallest absolute Gasteiger partial charge is 0.307 e. The Balaban J connectivity index is 1.89. The van der Waals surface area contributed by atoms with Crippen molar-refractivity contribution in [2.75, 3.05) is 12.3 Å². The number of nitrogens with one attached hydrogen (secondary N) is 1. The van der Waals surface area contributed by atoms with Gasteiger partial charge in [-0.3, -0.25) is 9.59 Å². The SMILES string of the molecule is CC1(CNC(=O)[C@@H]2CCCC[C@@H]2C(=O)O)CCCS1. The van der Waals surface area contributed by atoms with Crippen molar-refractivity contribution in [2.24, 2.45) is 11.8 Å². The van der Waals surface area contributed by atoms with Gasteiger partial charge in [0.1, 0.15) is 0 Å². The monoisotopic (exact) mass is 285 g/mol. The maximum absolute atomic E-state index is 12.2. The van der Waals surface area contributed by atoms with Crippen molar-refractivity contribution in [1.29, 1.82) is 0 Å². The molecular weight excluding hydrogens is 262 g/mol. The lowest BCUT2D eigenvalue weighted by Gasteiger charge is -2.29. The average molecular weight is 285 g/mol. The van der Waals surface area contributed by atoms with Crippen molar-refractivity contribution >= 4 is 23.6 Å². The molecule has 2 aliphatic rings. The minimum absolute atomic E-state index is 0.0548. The van der Waals surface area contributed by atoms with Crippen LogP contribution in [0, 0.1) is 11.8 Å². The van der Waals surface area contributed by atoms with Crippen LogP contribution in [0.3, 0.4) is 0 Å². The molecule has 5 heteroatoms. The molecule has 0 aromatic rings. The molecule has 0 aromatic heterocycles. The predicted molar refractivity (Wildman–Crippen MR) is 76.2 cm³/mol. The van der Waals surface area contributed by atoms with E-state index in [4.69, 9.17) is 0 Å². The zero-order chi connectivity index (χ0) is 13.9. The topological polar surface area (TPSA) is 66.4 Å². The van der Waals surface area contributed by atoms with Crippen molar-refractivity contribution in [2.45, 2.75) is 50.2 Å². The Labute approximate surface area is 118 Å². The minimum atomic E-state index is -0.818. The summed E-state index contributed by atoms with van der Waals surface area (Å²) in [6, 6.07) is 0. The average Bonchev–Trinajstić information content (AvgIpc) is 2.83. The molecule has 1 aliphatic heterocycles. The molecular formula is C14H23NO3S. The van der Waals surface area contributed by atoms with Crippen LogP contribution in [0.25, 0.3) is 0 Å². The summed E-state index contributed by atoms with van der Waals surface area (Å²) in [6.07, 6.45) is 5.58. The van der Waals surface area contributed by atoms with E-state index in [2.05, 4.69) is 12.2 Å². The number of hydrogen-bond donors (Lipinski definition) is 2. The van der Waals surface area contributed by atoms with Crippen LogP contribution >= 0.6 is 11.8 Å². The molecule has 4 nitrogen and oxygen atoms in total. The highest BCUT2D eigenvalue weighted by atomic mass is 32.2. The van der Waals surface area contributed by atoms with Crippen LogP contribution in [0.4, 0.5) is 0 Å². The molecule has 2 rings (SSSR count). The van der Waals surface area contributed by atoms with Gasteiger partial charge in [-0.1, -0.05) is 12.8 Å². The molecule has 1 heterocycles. The van der Waals surface area contributed by atoms with E-state index in [1.54, 1.807) is 0 Å². The number of aliphatic carboxylic acids is 1. The normalized spacial score (nSPS) is 35.0. The Kier molecular flexibility index (Phi) is 4.76. The molecule has 1 saturated heterocycles. The number of rotatable bonds is 4. The van der Waals surface area contributed by atoms with Gasteiger partial charge in [-0.25, -0.2) is 0 Å². The second-order valence-corrected chi connectivity index (χ2v) is 7.64. The number of carboxylic acid groups (broad SMARTS) is 1. The van der Waals surface area contributed by atoms with E-state index in [0.717, 1.165) is 25.0 Å². The third kappa shape index (κ3) is 3.65. The molecule has 2 fully saturated rings. The van der Waals surface area contributed by atoms with Crippen LogP contribution < -0.4 is 5.32 Å². The fourth-order valence-corrected chi connectivity index (χ4v) is 4.37. The maximum Gasteiger partial charge on any atom is 0.307 e. The molecule has 2 N–H and O–H groups in total. The number of carboxylic acids is 1. The summed E-state index contributed by atoms with van der Waals surface area (Å²) in [7, 11) is 0. The van der Waals surface area contributed by atoms with E-state index < -0.39 is 11.9 Å². The Morgan fingerprint density at radius 2 is 1.95 bits per heavy atom. The van der Waals surface area contributed by atoms with Crippen LogP contribution in [-0.2, 0) is 9.59 Å². The molecule has 0 radical (unpaired) electrons. The first-order chi connectivity index (χ1) is 9.02. The summed E-state index contributed by atoms with van der Waals surface area (Å²) in [6.45, 7) is 2.85. The summed E-state index contributed by atoms with van der Waals surface area (Å²) < 4.78 is 0.142. The fraction of sp³-hybridized carbons (Fsp3) is 0.857. The van der Waals surface area contributed by atoms with Gasteiger partial charge in [-0.2, -0.15) is 11.8 Å². The van der Waals surface area contributed by atoms with E-state index >= 15 is 0 Å². The van der Waals surface area contributed by atoms with E-state index in [1.165, 1.54) is 6.42 Å². The summed E-state index contributed by atoms with van der Waals surface area (Å²) >= 11 is 1.91. The third-order valence-corrected chi connectivity index (χ3v) is 5.90. The van der Waals surface area contributed by atoms with Crippen LogP contribution in [0.1, 0.15) is 45.4 Å². The van der Waals surface area contributed by atoms with Gasteiger partial charge in [0, 0.05) is 11.3 Å². The standard InChI is InChI=1S/C14H23NO3S/c1-14(7-4-8-19-14)9-15-12(16)10-5-2-3-6-11(10)13(17)18/h10-11H,2-9H2,1H3,(H,15,16)(H,17,18)/t10-,11+,14?/m1/s1. The lowest BCUT2D eigenvalue weighted by atomic mass is 9.78. The van der Waals surface area contributed by atoms with Gasteiger partial charge >= 0.3 is 5.97 Å². The molecule has 0 spiro atoms. The quantitative estimate of drug-likeness (QED) is 0.831. The fourth-order valence-electron chi connectivity index (χ4n) is 3.12. The van der Waals surface area contributed by atoms with E-state index in [1.807, 2.05) is 11.8 Å². The van der Waals surface area contributed by atoms with Crippen molar-refractivity contribution in [3.8, 4) is 0 Å². The van der Waals surface area contributed by atoms with E-state index in [-0.39, 0.29) is 16.6 Å². The predicted octanol–water partition coefficient (Wildman–Crippen LogP) is 2.28. The van der Waals surface area contributed by atoms with Crippen LogP contribution in [0.5, 0.6) is 0 Å². The van der Waals surface area contributed by atoms with Gasteiger partial charge in [-0.15, -0.1) is 0 Å². The Morgan fingerprint density at radius 1 is 1.26 bits per heavy atom. The zero-order valence-corrected chi connectivity index (χ0v) is 12.3. The summed E-state index contributed by atoms with van der Waals surface area (Å²) in [5.74, 6) is -0.533. The first kappa shape index (κ1) is 14.7. The molecule has 0 bridgehead atoms. The summed E-state index contributed by atoms with van der Waals surface area (Å²) in [5, 5.41) is 12.2. The Bertz CT molecular complexity index is 353. The molecule has 1 aliphatic carbocycles. The number of amides is 1. The van der Waals surface area contributed by atoms with E-state index in [9.17, 15) is 14.7 Å². The van der Waals surface area contributed by atoms with Crippen molar-refractivity contribution in [1.82, 2.24) is 5.32 Å². The van der Waals surface area contributed by atoms with Gasteiger partial charge < -0.3 is 10.4 Å². The third-order valence-electron chi connectivity index (χ3n) is 4.36. The first-order valence-electron chi connectivity index (χ1n) is 7.16. The highest BCUT2D eigenvalue weighted by Crippen LogP contribution is 2.37. The number of hydrogen-bond acceptors (Lipinski definition) is 3. The minimum Gasteiger partial charge on any atom is -0.481 e. The molecule has 1 saturated carbocycles. The van der Waals surface area contributed by atoms with Gasteiger partial charge in [0.15, 0.2) is 0 Å². The second kappa shape index (κ2) is 6.16. The van der Waals surface area contributed by atoms with Gasteiger partial charge in [0.25, 0.3) is 0 Å². The highest BCUT2D eigenvalue weighted by Gasteiger charge is 2.37. The van der Waals surface area contributed by atoms with Crippen LogP contribution in [0.15, 0.2) is 0 Å². The molecule has 0 aromatic carbocycles. The lowest BCUT2D eigenvalue weighted by Crippen LogP contribution is -2.44. The number of thioether (sulfide) groups is 1. The zero-order valence-electron chi connectivity index (χ0n) is 11.5. The summed E-state index contributed by atoms with van der Waals surface area (Å²) in [5.41, 5.74) is 0. The summed E-state index contributed by atoms with van der Waals surface area (Å²) in [4.78, 5) is 23.4. The van der Waals surface area contributed by atoms with Crippen LogP contribution in [-0.4, -0.2) is 34.0 Å². The highest BCUT2D eigenvalue weighted by molar-refractivity contribution is 8.00.